The number of fused-ring (bicyclic) bond motifs is 2. The van der Waals surface area contributed by atoms with Crippen LogP contribution in [0.5, 0.6) is 0 Å². The molecule has 0 saturated heterocycles. The second-order valence-electron chi connectivity index (χ2n) is 5.66. The molecule has 0 N–H and O–H groups in total. The van der Waals surface area contributed by atoms with Gasteiger partial charge in [-0.05, 0) is 36.0 Å². The number of hydrogen-bond acceptors (Lipinski definition) is 1. The molecule has 2 rings (SSSR count). The van der Waals surface area contributed by atoms with E-state index in [9.17, 15) is 0 Å². The van der Waals surface area contributed by atoms with Gasteiger partial charge in [0.05, 0.1) is 12.7 Å². The summed E-state index contributed by atoms with van der Waals surface area (Å²) in [5, 5.41) is 0. The van der Waals surface area contributed by atoms with Crippen LogP contribution in [0.3, 0.4) is 0 Å². The predicted molar refractivity (Wildman–Crippen MR) is 59.7 cm³/mol. The van der Waals surface area contributed by atoms with Gasteiger partial charge >= 0.3 is 0 Å². The summed E-state index contributed by atoms with van der Waals surface area (Å²) in [7, 11) is 0. The molecule has 2 aliphatic rings. The molecule has 82 valence electrons. The molecule has 2 fully saturated rings. The molecule has 2 heteroatoms. The van der Waals surface area contributed by atoms with Gasteiger partial charge in [0.2, 0.25) is 0 Å². The largest absolute Gasteiger partial charge is 0.376 e. The van der Waals surface area contributed by atoms with Gasteiger partial charge in [0.15, 0.2) is 0 Å². The van der Waals surface area contributed by atoms with E-state index in [1.165, 1.54) is 19.3 Å². The molecule has 2 saturated carbocycles. The lowest BCUT2D eigenvalue weighted by atomic mass is 9.70. The van der Waals surface area contributed by atoms with E-state index in [2.05, 4.69) is 20.8 Å². The molecule has 2 aliphatic carbocycles. The average molecular weight is 217 g/mol. The summed E-state index contributed by atoms with van der Waals surface area (Å²) >= 11 is 5.67. The van der Waals surface area contributed by atoms with Crippen LogP contribution >= 0.6 is 11.6 Å². The quantitative estimate of drug-likeness (QED) is 0.657. The fourth-order valence-electron chi connectivity index (χ4n) is 3.57. The molecule has 0 aromatic rings. The Kier molecular flexibility index (Phi) is 2.60. The van der Waals surface area contributed by atoms with E-state index in [4.69, 9.17) is 16.3 Å². The van der Waals surface area contributed by atoms with Crippen LogP contribution in [0.25, 0.3) is 0 Å². The lowest BCUT2D eigenvalue weighted by Gasteiger charge is -2.38. The van der Waals surface area contributed by atoms with Gasteiger partial charge in [-0.3, -0.25) is 0 Å². The Balaban J connectivity index is 2.11. The van der Waals surface area contributed by atoms with Gasteiger partial charge in [-0.1, -0.05) is 20.8 Å². The van der Waals surface area contributed by atoms with Gasteiger partial charge in [-0.15, -0.1) is 11.6 Å². The van der Waals surface area contributed by atoms with E-state index in [0.717, 1.165) is 5.92 Å². The van der Waals surface area contributed by atoms with E-state index in [1.807, 2.05) is 0 Å². The molecule has 0 spiro atoms. The van der Waals surface area contributed by atoms with Crippen molar-refractivity contribution in [2.75, 3.05) is 12.5 Å². The highest BCUT2D eigenvalue weighted by molar-refractivity contribution is 6.17. The molecule has 0 heterocycles. The molecule has 0 aromatic carbocycles. The second kappa shape index (κ2) is 3.38. The zero-order valence-electron chi connectivity index (χ0n) is 9.48. The molecule has 1 nitrogen and oxygen atoms in total. The van der Waals surface area contributed by atoms with E-state index < -0.39 is 0 Å². The van der Waals surface area contributed by atoms with Crippen LogP contribution < -0.4 is 0 Å². The van der Waals surface area contributed by atoms with Crippen LogP contribution in [0.2, 0.25) is 0 Å². The molecule has 3 atom stereocenters. The Morgan fingerprint density at radius 1 is 1.36 bits per heavy atom. The van der Waals surface area contributed by atoms with Gasteiger partial charge < -0.3 is 4.74 Å². The minimum atomic E-state index is 0.393. The van der Waals surface area contributed by atoms with Gasteiger partial charge in [-0.25, -0.2) is 0 Å². The molecular formula is C12H21ClO. The number of halogens is 1. The van der Waals surface area contributed by atoms with Crippen LogP contribution in [0.4, 0.5) is 0 Å². The van der Waals surface area contributed by atoms with Crippen LogP contribution in [-0.4, -0.2) is 18.6 Å². The van der Waals surface area contributed by atoms with Crippen LogP contribution in [0.1, 0.15) is 40.0 Å². The van der Waals surface area contributed by atoms with Gasteiger partial charge in [0.25, 0.3) is 0 Å². The summed E-state index contributed by atoms with van der Waals surface area (Å²) in [6, 6.07) is 0. The number of ether oxygens (including phenoxy) is 1. The van der Waals surface area contributed by atoms with Crippen LogP contribution in [-0.2, 0) is 4.74 Å². The molecule has 0 aliphatic heterocycles. The Morgan fingerprint density at radius 3 is 2.50 bits per heavy atom. The minimum absolute atomic E-state index is 0.393. The van der Waals surface area contributed by atoms with Crippen LogP contribution in [0.15, 0.2) is 0 Å². The third kappa shape index (κ3) is 1.25. The zero-order chi connectivity index (χ0) is 10.4. The van der Waals surface area contributed by atoms with Crippen LogP contribution in [0, 0.1) is 16.7 Å². The Morgan fingerprint density at radius 2 is 2.07 bits per heavy atom. The molecule has 0 radical (unpaired) electrons. The standard InChI is InChI=1S/C12H21ClO/c1-11(2)9-4-5-12(11,3)10(8-9)14-7-6-13/h9-10H,4-8H2,1-3H3/t9?,10-,12+/m0/s1. The van der Waals surface area contributed by atoms with Crippen molar-refractivity contribution < 1.29 is 4.74 Å². The van der Waals surface area contributed by atoms with Crippen molar-refractivity contribution in [3.63, 3.8) is 0 Å². The third-order valence-electron chi connectivity index (χ3n) is 5.11. The summed E-state index contributed by atoms with van der Waals surface area (Å²) in [5.74, 6) is 1.49. The summed E-state index contributed by atoms with van der Waals surface area (Å²) in [6.45, 7) is 7.94. The maximum atomic E-state index is 5.89. The fourth-order valence-corrected chi connectivity index (χ4v) is 3.66. The molecular weight excluding hydrogens is 196 g/mol. The monoisotopic (exact) mass is 216 g/mol. The second-order valence-corrected chi connectivity index (χ2v) is 6.04. The SMILES string of the molecule is CC1(C)C2CC[C@]1(C)[C@@H](OCCCl)C2. The number of alkyl halides is 1. The topological polar surface area (TPSA) is 9.23 Å². The molecule has 1 unspecified atom stereocenters. The minimum Gasteiger partial charge on any atom is -0.376 e. The van der Waals surface area contributed by atoms with E-state index in [-0.39, 0.29) is 0 Å². The highest BCUT2D eigenvalue weighted by Gasteiger charge is 2.61. The first-order valence-corrected chi connectivity index (χ1v) is 6.23. The lowest BCUT2D eigenvalue weighted by Crippen LogP contribution is -2.37. The summed E-state index contributed by atoms with van der Waals surface area (Å²) in [5.41, 5.74) is 0.855. The fraction of sp³-hybridized carbons (Fsp3) is 1.00. The highest BCUT2D eigenvalue weighted by atomic mass is 35.5. The number of rotatable bonds is 3. The van der Waals surface area contributed by atoms with E-state index >= 15 is 0 Å². The summed E-state index contributed by atoms with van der Waals surface area (Å²) in [4.78, 5) is 0. The highest BCUT2D eigenvalue weighted by Crippen LogP contribution is 2.66. The van der Waals surface area contributed by atoms with Crippen molar-refractivity contribution in [2.24, 2.45) is 16.7 Å². The Labute approximate surface area is 92.2 Å². The average Bonchev–Trinajstić information content (AvgIpc) is 2.46. The van der Waals surface area contributed by atoms with Crippen molar-refractivity contribution >= 4 is 11.6 Å². The molecule has 14 heavy (non-hydrogen) atoms. The molecule has 2 bridgehead atoms. The molecule has 0 amide bonds. The van der Waals surface area contributed by atoms with Crippen molar-refractivity contribution in [2.45, 2.75) is 46.1 Å². The maximum Gasteiger partial charge on any atom is 0.0637 e. The smallest absolute Gasteiger partial charge is 0.0637 e. The summed E-state index contributed by atoms with van der Waals surface area (Å²) < 4.78 is 5.89. The van der Waals surface area contributed by atoms with E-state index in [0.29, 0.717) is 29.4 Å². The van der Waals surface area contributed by atoms with Gasteiger partial charge in [0.1, 0.15) is 0 Å². The normalized spacial score (nSPS) is 44.6. The van der Waals surface area contributed by atoms with Crippen molar-refractivity contribution in [3.8, 4) is 0 Å². The van der Waals surface area contributed by atoms with E-state index in [1.54, 1.807) is 0 Å². The zero-order valence-corrected chi connectivity index (χ0v) is 10.2. The summed E-state index contributed by atoms with van der Waals surface area (Å²) in [6.07, 6.45) is 4.43. The first-order chi connectivity index (χ1) is 6.52. The molecule has 0 aromatic heterocycles. The van der Waals surface area contributed by atoms with Crippen molar-refractivity contribution in [1.82, 2.24) is 0 Å². The Hall–Kier alpha value is 0.250. The number of hydrogen-bond donors (Lipinski definition) is 0. The first kappa shape index (κ1) is 10.8. The lowest BCUT2D eigenvalue weighted by molar-refractivity contribution is -0.0405. The Bertz CT molecular complexity index is 226. The van der Waals surface area contributed by atoms with Gasteiger partial charge in [-0.2, -0.15) is 0 Å². The van der Waals surface area contributed by atoms with Gasteiger partial charge in [0, 0.05) is 5.88 Å². The third-order valence-corrected chi connectivity index (χ3v) is 5.26. The van der Waals surface area contributed by atoms with Crippen molar-refractivity contribution in [1.29, 1.82) is 0 Å². The predicted octanol–water partition coefficient (Wildman–Crippen LogP) is 3.46. The maximum absolute atomic E-state index is 5.89. The first-order valence-electron chi connectivity index (χ1n) is 5.70. The van der Waals surface area contributed by atoms with Crippen molar-refractivity contribution in [3.05, 3.63) is 0 Å².